The summed E-state index contributed by atoms with van der Waals surface area (Å²) in [5, 5.41) is 0. The zero-order valence-corrected chi connectivity index (χ0v) is 19.1. The average molecular weight is 454 g/mol. The van der Waals surface area contributed by atoms with Crippen LogP contribution in [0.1, 0.15) is 15.9 Å². The quantitative estimate of drug-likeness (QED) is 0.597. The zero-order valence-electron chi connectivity index (χ0n) is 19.1. The van der Waals surface area contributed by atoms with Crippen LogP contribution in [0, 0.1) is 0 Å². The van der Waals surface area contributed by atoms with Crippen molar-refractivity contribution in [2.45, 2.75) is 6.54 Å². The number of ketones is 1. The molecule has 2 aromatic carbocycles. The number of piperazine rings is 1. The molecule has 0 aliphatic carbocycles. The van der Waals surface area contributed by atoms with E-state index in [0.29, 0.717) is 44.2 Å². The van der Waals surface area contributed by atoms with Gasteiger partial charge in [0.05, 0.1) is 32.4 Å². The molecule has 0 spiro atoms. The fourth-order valence-corrected chi connectivity index (χ4v) is 4.07. The Morgan fingerprint density at radius 2 is 1.55 bits per heavy atom. The summed E-state index contributed by atoms with van der Waals surface area (Å²) in [7, 11) is 1.67. The van der Waals surface area contributed by atoms with Crippen molar-refractivity contribution in [2.24, 2.45) is 0 Å². The first-order valence-electron chi connectivity index (χ1n) is 11.4. The summed E-state index contributed by atoms with van der Waals surface area (Å²) in [5.41, 5.74) is 1.69. The first-order valence-corrected chi connectivity index (χ1v) is 11.4. The van der Waals surface area contributed by atoms with E-state index >= 15 is 0 Å². The van der Waals surface area contributed by atoms with Crippen LogP contribution in [0.15, 0.2) is 48.5 Å². The van der Waals surface area contributed by atoms with Gasteiger partial charge in [-0.3, -0.25) is 14.6 Å². The van der Waals surface area contributed by atoms with Crippen molar-refractivity contribution in [3.8, 4) is 11.5 Å². The van der Waals surface area contributed by atoms with Crippen LogP contribution in [-0.4, -0.2) is 92.7 Å². The fourth-order valence-electron chi connectivity index (χ4n) is 4.07. The summed E-state index contributed by atoms with van der Waals surface area (Å²) >= 11 is 0. The van der Waals surface area contributed by atoms with Crippen LogP contribution in [-0.2, 0) is 11.3 Å². The molecule has 0 radical (unpaired) electrons. The van der Waals surface area contributed by atoms with Crippen LogP contribution < -0.4 is 9.47 Å². The number of benzene rings is 2. The number of ether oxygens (including phenoxy) is 3. The van der Waals surface area contributed by atoms with Gasteiger partial charge in [-0.25, -0.2) is 4.79 Å². The van der Waals surface area contributed by atoms with Crippen LogP contribution in [0.25, 0.3) is 0 Å². The molecule has 8 nitrogen and oxygen atoms in total. The van der Waals surface area contributed by atoms with Crippen LogP contribution in [0.5, 0.6) is 11.5 Å². The van der Waals surface area contributed by atoms with E-state index in [1.807, 2.05) is 12.1 Å². The molecule has 33 heavy (non-hydrogen) atoms. The highest BCUT2D eigenvalue weighted by Gasteiger charge is 2.24. The topological polar surface area (TPSA) is 71.6 Å². The second-order valence-corrected chi connectivity index (χ2v) is 8.29. The molecule has 0 bridgehead atoms. The lowest BCUT2D eigenvalue weighted by atomic mass is 10.1. The maximum absolute atomic E-state index is 13.0. The standard InChI is InChI=1S/C25H31N3O5/c1-31-21-8-6-20(7-9-21)18-26-10-12-27(13-11-26)19-23(29)22-4-2-3-5-24(22)33-25(30)28-14-16-32-17-15-28/h2-9H,10-19H2,1H3. The minimum Gasteiger partial charge on any atom is -0.497 e. The molecule has 0 atom stereocenters. The number of carbonyl (C=O) groups excluding carboxylic acids is 2. The molecule has 1 amide bonds. The van der Waals surface area contributed by atoms with Gasteiger partial charge in [-0.05, 0) is 29.8 Å². The summed E-state index contributed by atoms with van der Waals surface area (Å²) in [6, 6.07) is 15.1. The third kappa shape index (κ3) is 6.31. The van der Waals surface area contributed by atoms with Crippen LogP contribution in [0.2, 0.25) is 0 Å². The number of carbonyl (C=O) groups is 2. The molecule has 2 fully saturated rings. The number of rotatable bonds is 7. The number of para-hydroxylation sites is 1. The maximum atomic E-state index is 13.0. The van der Waals surface area contributed by atoms with Gasteiger partial charge in [0.25, 0.3) is 0 Å². The average Bonchev–Trinajstić information content (AvgIpc) is 2.86. The summed E-state index contributed by atoms with van der Waals surface area (Å²) in [6.07, 6.45) is -0.439. The van der Waals surface area contributed by atoms with Gasteiger partial charge in [0.1, 0.15) is 11.5 Å². The minimum atomic E-state index is -0.439. The van der Waals surface area contributed by atoms with Gasteiger partial charge in [0.15, 0.2) is 5.78 Å². The molecule has 2 saturated heterocycles. The molecule has 2 aromatic rings. The zero-order chi connectivity index (χ0) is 23.0. The maximum Gasteiger partial charge on any atom is 0.415 e. The van der Waals surface area contributed by atoms with E-state index in [-0.39, 0.29) is 5.78 Å². The fraction of sp³-hybridized carbons (Fsp3) is 0.440. The van der Waals surface area contributed by atoms with E-state index in [1.54, 1.807) is 36.3 Å². The van der Waals surface area contributed by atoms with Crippen molar-refractivity contribution >= 4 is 11.9 Å². The Labute approximate surface area is 194 Å². The first-order chi connectivity index (χ1) is 16.1. The molecule has 0 saturated carbocycles. The van der Waals surface area contributed by atoms with E-state index in [9.17, 15) is 9.59 Å². The van der Waals surface area contributed by atoms with Crippen molar-refractivity contribution < 1.29 is 23.8 Å². The Morgan fingerprint density at radius 1 is 0.879 bits per heavy atom. The van der Waals surface area contributed by atoms with Crippen molar-refractivity contribution in [1.82, 2.24) is 14.7 Å². The lowest BCUT2D eigenvalue weighted by molar-refractivity contribution is 0.0415. The molecule has 176 valence electrons. The molecule has 2 aliphatic rings. The molecule has 0 N–H and O–H groups in total. The number of methoxy groups -OCH3 is 1. The predicted octanol–water partition coefficient (Wildman–Crippen LogP) is 2.53. The highest BCUT2D eigenvalue weighted by Crippen LogP contribution is 2.21. The third-order valence-corrected chi connectivity index (χ3v) is 6.05. The minimum absolute atomic E-state index is 0.0380. The van der Waals surface area contributed by atoms with Gasteiger partial charge in [0, 0.05) is 45.8 Å². The summed E-state index contributed by atoms with van der Waals surface area (Å²) in [6.45, 7) is 6.61. The van der Waals surface area contributed by atoms with Crippen LogP contribution in [0.4, 0.5) is 4.79 Å². The molecule has 4 rings (SSSR count). The molecule has 8 heteroatoms. The van der Waals surface area contributed by atoms with Crippen molar-refractivity contribution in [3.05, 3.63) is 59.7 Å². The van der Waals surface area contributed by atoms with Crippen molar-refractivity contribution in [3.63, 3.8) is 0 Å². The Bertz CT molecular complexity index is 935. The second kappa shape index (κ2) is 11.3. The first kappa shape index (κ1) is 23.2. The predicted molar refractivity (Wildman–Crippen MR) is 124 cm³/mol. The number of hydrogen-bond acceptors (Lipinski definition) is 7. The van der Waals surface area contributed by atoms with Crippen molar-refractivity contribution in [1.29, 1.82) is 0 Å². The number of nitrogens with zero attached hydrogens (tertiary/aromatic N) is 3. The van der Waals surface area contributed by atoms with E-state index in [1.165, 1.54) is 5.56 Å². The van der Waals surface area contributed by atoms with Crippen molar-refractivity contribution in [2.75, 3.05) is 66.1 Å². The lowest BCUT2D eigenvalue weighted by Crippen LogP contribution is -2.47. The van der Waals surface area contributed by atoms with Gasteiger partial charge in [0.2, 0.25) is 0 Å². The van der Waals surface area contributed by atoms with Gasteiger partial charge in [-0.1, -0.05) is 24.3 Å². The summed E-state index contributed by atoms with van der Waals surface area (Å²) in [5.74, 6) is 1.14. The SMILES string of the molecule is COc1ccc(CN2CCN(CC(=O)c3ccccc3OC(=O)N3CCOCC3)CC2)cc1. The highest BCUT2D eigenvalue weighted by molar-refractivity contribution is 6.00. The lowest BCUT2D eigenvalue weighted by Gasteiger charge is -2.34. The molecular weight excluding hydrogens is 422 g/mol. The van der Waals surface area contributed by atoms with E-state index in [4.69, 9.17) is 14.2 Å². The number of amides is 1. The van der Waals surface area contributed by atoms with Crippen LogP contribution >= 0.6 is 0 Å². The van der Waals surface area contributed by atoms with E-state index < -0.39 is 6.09 Å². The van der Waals surface area contributed by atoms with Gasteiger partial charge < -0.3 is 19.1 Å². The Balaban J connectivity index is 1.28. The molecular formula is C25H31N3O5. The monoisotopic (exact) mass is 453 g/mol. The van der Waals surface area contributed by atoms with E-state index in [0.717, 1.165) is 38.5 Å². The van der Waals surface area contributed by atoms with Gasteiger partial charge >= 0.3 is 6.09 Å². The summed E-state index contributed by atoms with van der Waals surface area (Å²) < 4.78 is 16.1. The summed E-state index contributed by atoms with van der Waals surface area (Å²) in [4.78, 5) is 31.7. The number of Topliss-reactive ketones (excluding diaryl/α,β-unsaturated/α-hetero) is 1. The van der Waals surface area contributed by atoms with Gasteiger partial charge in [-0.15, -0.1) is 0 Å². The smallest absolute Gasteiger partial charge is 0.415 e. The molecule has 2 heterocycles. The number of hydrogen-bond donors (Lipinski definition) is 0. The molecule has 2 aliphatic heterocycles. The second-order valence-electron chi connectivity index (χ2n) is 8.29. The largest absolute Gasteiger partial charge is 0.497 e. The Hall–Kier alpha value is -2.94. The Kier molecular flexibility index (Phi) is 7.93. The number of morpholine rings is 1. The highest BCUT2D eigenvalue weighted by atomic mass is 16.6. The Morgan fingerprint density at radius 3 is 2.24 bits per heavy atom. The molecule has 0 aromatic heterocycles. The normalized spacial score (nSPS) is 17.5. The molecule has 0 unspecified atom stereocenters. The van der Waals surface area contributed by atoms with E-state index in [2.05, 4.69) is 21.9 Å². The third-order valence-electron chi connectivity index (χ3n) is 6.05. The van der Waals surface area contributed by atoms with Crippen LogP contribution in [0.3, 0.4) is 0 Å². The van der Waals surface area contributed by atoms with Gasteiger partial charge in [-0.2, -0.15) is 0 Å².